The van der Waals surface area contributed by atoms with Gasteiger partial charge in [-0.15, -0.1) is 0 Å². The van der Waals surface area contributed by atoms with Crippen LogP contribution in [-0.4, -0.2) is 15.9 Å². The van der Waals surface area contributed by atoms with Crippen LogP contribution in [0.25, 0.3) is 0 Å². The van der Waals surface area contributed by atoms with Gasteiger partial charge in [-0.05, 0) is 23.8 Å². The molecule has 0 spiro atoms. The van der Waals surface area contributed by atoms with E-state index in [4.69, 9.17) is 28.9 Å². The Hall–Kier alpha value is -2.06. The van der Waals surface area contributed by atoms with E-state index in [1.54, 1.807) is 0 Å². The van der Waals surface area contributed by atoms with Crippen LogP contribution >= 0.6 is 23.2 Å². The highest BCUT2D eigenvalue weighted by molar-refractivity contribution is 6.32. The molecule has 2 aromatic rings. The Balaban J connectivity index is 2.00. The van der Waals surface area contributed by atoms with Crippen molar-refractivity contribution in [2.24, 2.45) is 0 Å². The van der Waals surface area contributed by atoms with Gasteiger partial charge < -0.3 is 5.73 Å². The molecule has 1 aromatic carbocycles. The van der Waals surface area contributed by atoms with Gasteiger partial charge in [0.15, 0.2) is 0 Å². The second-order valence-electron chi connectivity index (χ2n) is 5.14. The zero-order valence-electron chi connectivity index (χ0n) is 11.9. The van der Waals surface area contributed by atoms with Crippen molar-refractivity contribution in [1.82, 2.24) is 9.97 Å². The smallest absolute Gasteiger partial charge is 0.368 e. The Kier molecular flexibility index (Phi) is 4.05. The maximum atomic E-state index is 12.9. The molecule has 0 saturated heterocycles. The van der Waals surface area contributed by atoms with Gasteiger partial charge in [0.25, 0.3) is 0 Å². The quantitative estimate of drug-likeness (QED) is 0.814. The Morgan fingerprint density at radius 1 is 1.25 bits per heavy atom. The molecule has 0 bridgehead atoms. The number of carbonyl (C=O) groups excluding carboxylic acids is 1. The topological polar surface area (TPSA) is 72.1 Å². The van der Waals surface area contributed by atoms with Crippen LogP contribution in [-0.2, 0) is 23.9 Å². The molecule has 24 heavy (non-hydrogen) atoms. The van der Waals surface area contributed by atoms with E-state index in [-0.39, 0.29) is 46.4 Å². The minimum absolute atomic E-state index is 0.0449. The van der Waals surface area contributed by atoms with Gasteiger partial charge in [-0.3, -0.25) is 9.69 Å². The van der Waals surface area contributed by atoms with Crippen molar-refractivity contribution < 1.29 is 18.0 Å². The number of alkyl halides is 3. The van der Waals surface area contributed by atoms with Crippen LogP contribution in [0.15, 0.2) is 18.2 Å². The van der Waals surface area contributed by atoms with Crippen molar-refractivity contribution in [3.05, 3.63) is 45.1 Å². The summed E-state index contributed by atoms with van der Waals surface area (Å²) in [5.74, 6) is -0.320. The summed E-state index contributed by atoms with van der Waals surface area (Å²) in [6.45, 7) is -0.179. The molecule has 0 saturated carbocycles. The largest absolute Gasteiger partial charge is 0.416 e. The second kappa shape index (κ2) is 5.78. The first-order chi connectivity index (χ1) is 11.2. The number of halogens is 5. The van der Waals surface area contributed by atoms with Crippen LogP contribution < -0.4 is 10.6 Å². The predicted molar refractivity (Wildman–Crippen MR) is 82.8 cm³/mol. The Morgan fingerprint density at radius 3 is 2.62 bits per heavy atom. The number of nitrogen functional groups attached to an aromatic ring is 1. The summed E-state index contributed by atoms with van der Waals surface area (Å²) >= 11 is 11.9. The second-order valence-corrected chi connectivity index (χ2v) is 5.90. The first-order valence-corrected chi connectivity index (χ1v) is 7.40. The fraction of sp³-hybridized carbons (Fsp3) is 0.214. The SMILES string of the molecule is Nc1nc(Cl)c2c(n1)N(Cc1cc(C(F)(F)F)ccc1Cl)C(=O)C2. The Labute approximate surface area is 144 Å². The normalized spacial score (nSPS) is 14.2. The zero-order valence-corrected chi connectivity index (χ0v) is 13.4. The van der Waals surface area contributed by atoms with Crippen LogP contribution in [0.1, 0.15) is 16.7 Å². The third-order valence-electron chi connectivity index (χ3n) is 3.54. The maximum Gasteiger partial charge on any atom is 0.416 e. The molecule has 0 radical (unpaired) electrons. The molecule has 0 atom stereocenters. The van der Waals surface area contributed by atoms with E-state index >= 15 is 0 Å². The monoisotopic (exact) mass is 376 g/mol. The molecule has 0 aliphatic carbocycles. The van der Waals surface area contributed by atoms with Crippen molar-refractivity contribution in [3.8, 4) is 0 Å². The molecular weight excluding hydrogens is 368 g/mol. The number of nitrogens with two attached hydrogens (primary N) is 1. The summed E-state index contributed by atoms with van der Waals surface area (Å²) < 4.78 is 38.6. The lowest BCUT2D eigenvalue weighted by Gasteiger charge is -2.18. The van der Waals surface area contributed by atoms with Gasteiger partial charge in [0, 0.05) is 10.6 Å². The van der Waals surface area contributed by atoms with Crippen LogP contribution in [0.2, 0.25) is 10.2 Å². The minimum Gasteiger partial charge on any atom is -0.368 e. The molecule has 3 rings (SSSR count). The summed E-state index contributed by atoms with van der Waals surface area (Å²) in [6, 6.07) is 2.92. The maximum absolute atomic E-state index is 12.9. The van der Waals surface area contributed by atoms with E-state index in [0.717, 1.165) is 18.2 Å². The van der Waals surface area contributed by atoms with E-state index in [0.29, 0.717) is 5.56 Å². The van der Waals surface area contributed by atoms with Crippen LogP contribution in [0.5, 0.6) is 0 Å². The molecule has 2 heterocycles. The van der Waals surface area contributed by atoms with Crippen molar-refractivity contribution in [1.29, 1.82) is 0 Å². The number of hydrogen-bond donors (Lipinski definition) is 1. The molecule has 1 aliphatic rings. The standard InChI is InChI=1S/C14H9Cl2F3N4O/c15-9-2-1-7(14(17,18)19)3-6(9)5-23-10(24)4-8-11(16)21-13(20)22-12(8)23/h1-3H,4-5H2,(H2,20,21,22). The first kappa shape index (κ1) is 16.8. The highest BCUT2D eigenvalue weighted by Crippen LogP contribution is 2.36. The number of anilines is 2. The lowest BCUT2D eigenvalue weighted by molar-refractivity contribution is -0.137. The number of amides is 1. The summed E-state index contributed by atoms with van der Waals surface area (Å²) in [7, 11) is 0. The van der Waals surface area contributed by atoms with E-state index in [2.05, 4.69) is 9.97 Å². The van der Waals surface area contributed by atoms with Crippen molar-refractivity contribution >= 4 is 40.9 Å². The fourth-order valence-electron chi connectivity index (χ4n) is 2.41. The summed E-state index contributed by atoms with van der Waals surface area (Å²) in [5.41, 5.74) is 5.20. The van der Waals surface area contributed by atoms with Gasteiger partial charge >= 0.3 is 6.18 Å². The van der Waals surface area contributed by atoms with Gasteiger partial charge in [-0.1, -0.05) is 23.2 Å². The molecular formula is C14H9Cl2F3N4O. The molecule has 5 nitrogen and oxygen atoms in total. The van der Waals surface area contributed by atoms with E-state index in [1.165, 1.54) is 4.90 Å². The van der Waals surface area contributed by atoms with Gasteiger partial charge in [-0.2, -0.15) is 18.2 Å². The number of nitrogens with zero attached hydrogens (tertiary/aromatic N) is 3. The van der Waals surface area contributed by atoms with Crippen molar-refractivity contribution in [2.75, 3.05) is 10.6 Å². The molecule has 0 unspecified atom stereocenters. The third kappa shape index (κ3) is 2.99. The number of carbonyl (C=O) groups is 1. The summed E-state index contributed by atoms with van der Waals surface area (Å²) in [4.78, 5) is 21.1. The number of benzene rings is 1. The lowest BCUT2D eigenvalue weighted by Crippen LogP contribution is -2.27. The minimum atomic E-state index is -4.51. The third-order valence-corrected chi connectivity index (χ3v) is 4.22. The average Bonchev–Trinajstić information content (AvgIpc) is 2.77. The molecule has 1 aromatic heterocycles. The van der Waals surface area contributed by atoms with Gasteiger partial charge in [0.05, 0.1) is 18.5 Å². The van der Waals surface area contributed by atoms with E-state index < -0.39 is 11.7 Å². The predicted octanol–water partition coefficient (Wildman–Crippen LogP) is 3.47. The highest BCUT2D eigenvalue weighted by Gasteiger charge is 2.34. The highest BCUT2D eigenvalue weighted by atomic mass is 35.5. The van der Waals surface area contributed by atoms with E-state index in [9.17, 15) is 18.0 Å². The molecule has 0 fully saturated rings. The number of hydrogen-bond acceptors (Lipinski definition) is 4. The Morgan fingerprint density at radius 2 is 1.96 bits per heavy atom. The first-order valence-electron chi connectivity index (χ1n) is 6.64. The summed E-state index contributed by atoms with van der Waals surface area (Å²) in [5, 5.41) is 0.154. The van der Waals surface area contributed by atoms with Gasteiger partial charge in [-0.25, -0.2) is 4.98 Å². The van der Waals surface area contributed by atoms with Crippen molar-refractivity contribution in [3.63, 3.8) is 0 Å². The molecule has 1 amide bonds. The molecule has 126 valence electrons. The molecule has 2 N–H and O–H groups in total. The number of fused-ring (bicyclic) bond motifs is 1. The van der Waals surface area contributed by atoms with Gasteiger partial charge in [0.2, 0.25) is 11.9 Å². The summed E-state index contributed by atoms with van der Waals surface area (Å²) in [6.07, 6.45) is -4.56. The number of aromatic nitrogens is 2. The molecule has 10 heteroatoms. The molecule has 1 aliphatic heterocycles. The van der Waals surface area contributed by atoms with Gasteiger partial charge in [0.1, 0.15) is 11.0 Å². The lowest BCUT2D eigenvalue weighted by atomic mass is 10.1. The average molecular weight is 377 g/mol. The number of rotatable bonds is 2. The van der Waals surface area contributed by atoms with Crippen LogP contribution in [0, 0.1) is 0 Å². The Bertz CT molecular complexity index is 841. The fourth-order valence-corrected chi connectivity index (χ4v) is 2.82. The van der Waals surface area contributed by atoms with Crippen LogP contribution in [0.3, 0.4) is 0 Å². The van der Waals surface area contributed by atoms with Crippen LogP contribution in [0.4, 0.5) is 24.9 Å². The van der Waals surface area contributed by atoms with E-state index in [1.807, 2.05) is 0 Å². The van der Waals surface area contributed by atoms with Crippen molar-refractivity contribution in [2.45, 2.75) is 19.1 Å². The zero-order chi connectivity index (χ0) is 17.6.